The second kappa shape index (κ2) is 7.43. The first-order valence-electron chi connectivity index (χ1n) is 10.0. The van der Waals surface area contributed by atoms with Crippen molar-refractivity contribution < 1.29 is 14.3 Å². The van der Waals surface area contributed by atoms with Gasteiger partial charge in [0.25, 0.3) is 0 Å². The van der Waals surface area contributed by atoms with Crippen LogP contribution in [0.5, 0.6) is 0 Å². The molecule has 2 unspecified atom stereocenters. The van der Waals surface area contributed by atoms with Crippen molar-refractivity contribution in [3.63, 3.8) is 0 Å². The number of allylic oxidation sites excluding steroid dienone is 3. The number of rotatable bonds is 4. The van der Waals surface area contributed by atoms with Gasteiger partial charge in [-0.25, -0.2) is 4.79 Å². The quantitative estimate of drug-likeness (QED) is 0.772. The minimum Gasteiger partial charge on any atom is -0.458 e. The van der Waals surface area contributed by atoms with Crippen LogP contribution in [0, 0.1) is 0 Å². The molecule has 0 bridgehead atoms. The molecule has 2 amide bonds. The number of nitrogens with zero attached hydrogens (tertiary/aromatic N) is 2. The lowest BCUT2D eigenvalue weighted by molar-refractivity contribution is 0.0736. The van der Waals surface area contributed by atoms with Crippen LogP contribution < -0.4 is 5.32 Å². The molecule has 0 fully saturated rings. The van der Waals surface area contributed by atoms with Crippen LogP contribution in [0.4, 0.5) is 4.79 Å². The molecule has 0 aromatic carbocycles. The van der Waals surface area contributed by atoms with Gasteiger partial charge in [-0.15, -0.1) is 0 Å². The van der Waals surface area contributed by atoms with Gasteiger partial charge in [-0.3, -0.25) is 4.90 Å². The van der Waals surface area contributed by atoms with Crippen molar-refractivity contribution >= 4 is 6.03 Å². The van der Waals surface area contributed by atoms with Gasteiger partial charge in [0.2, 0.25) is 6.79 Å². The van der Waals surface area contributed by atoms with Crippen molar-refractivity contribution in [2.75, 3.05) is 33.0 Å². The van der Waals surface area contributed by atoms with E-state index >= 15 is 0 Å². The van der Waals surface area contributed by atoms with Crippen molar-refractivity contribution in [2.45, 2.75) is 45.7 Å². The lowest BCUT2D eigenvalue weighted by Crippen LogP contribution is -2.59. The minimum absolute atomic E-state index is 0.00997. The van der Waals surface area contributed by atoms with Gasteiger partial charge in [0.15, 0.2) is 5.76 Å². The van der Waals surface area contributed by atoms with Crippen LogP contribution in [0.15, 0.2) is 46.5 Å². The molecule has 2 atom stereocenters. The zero-order valence-electron chi connectivity index (χ0n) is 16.5. The molecule has 2 aliphatic carbocycles. The monoisotopic (exact) mass is 371 g/mol. The van der Waals surface area contributed by atoms with Crippen LogP contribution in [-0.2, 0) is 9.47 Å². The number of fused-ring (bicyclic) bond motifs is 2. The third-order valence-corrected chi connectivity index (χ3v) is 5.99. The molecular formula is C21H29N3O3. The third-order valence-electron chi connectivity index (χ3n) is 5.99. The SMILES string of the molecule is CCNC(=O)N1CC2=CC3=C(CC2=C2CC=CC(N(CC)CC)C21)OCO3. The summed E-state index contributed by atoms with van der Waals surface area (Å²) in [5.41, 5.74) is 3.87. The average molecular weight is 371 g/mol. The van der Waals surface area contributed by atoms with E-state index in [0.29, 0.717) is 19.9 Å². The van der Waals surface area contributed by atoms with E-state index in [0.717, 1.165) is 37.4 Å². The molecule has 4 rings (SSSR count). The number of amides is 2. The number of urea groups is 1. The molecule has 0 aromatic rings. The summed E-state index contributed by atoms with van der Waals surface area (Å²) in [6.45, 7) is 9.79. The highest BCUT2D eigenvalue weighted by atomic mass is 16.7. The maximum absolute atomic E-state index is 13.0. The van der Waals surface area contributed by atoms with E-state index < -0.39 is 0 Å². The molecule has 1 N–H and O–H groups in total. The Morgan fingerprint density at radius 1 is 1.30 bits per heavy atom. The van der Waals surface area contributed by atoms with Gasteiger partial charge < -0.3 is 19.7 Å². The Labute approximate surface area is 161 Å². The van der Waals surface area contributed by atoms with Crippen molar-refractivity contribution in [3.8, 4) is 0 Å². The highest BCUT2D eigenvalue weighted by molar-refractivity contribution is 5.77. The lowest BCUT2D eigenvalue weighted by Gasteiger charge is -2.48. The summed E-state index contributed by atoms with van der Waals surface area (Å²) in [4.78, 5) is 17.4. The average Bonchev–Trinajstić information content (AvgIpc) is 3.14. The molecule has 0 radical (unpaired) electrons. The highest BCUT2D eigenvalue weighted by Crippen LogP contribution is 2.43. The Bertz CT molecular complexity index is 746. The van der Waals surface area contributed by atoms with Crippen LogP contribution in [-0.4, -0.2) is 60.9 Å². The smallest absolute Gasteiger partial charge is 0.318 e. The molecule has 6 nitrogen and oxygen atoms in total. The van der Waals surface area contributed by atoms with Crippen LogP contribution in [0.1, 0.15) is 33.6 Å². The molecule has 0 spiro atoms. The summed E-state index contributed by atoms with van der Waals surface area (Å²) in [6, 6.07) is 0.283. The van der Waals surface area contributed by atoms with E-state index in [9.17, 15) is 4.79 Å². The predicted octanol–water partition coefficient (Wildman–Crippen LogP) is 2.91. The Hall–Kier alpha value is -2.21. The van der Waals surface area contributed by atoms with Crippen LogP contribution in [0.2, 0.25) is 0 Å². The maximum atomic E-state index is 13.0. The second-order valence-electron chi connectivity index (χ2n) is 7.30. The number of carbonyl (C=O) groups is 1. The highest BCUT2D eigenvalue weighted by Gasteiger charge is 2.43. The third kappa shape index (κ3) is 3.06. The zero-order valence-corrected chi connectivity index (χ0v) is 16.5. The molecular weight excluding hydrogens is 342 g/mol. The van der Waals surface area contributed by atoms with Gasteiger partial charge >= 0.3 is 6.03 Å². The van der Waals surface area contributed by atoms with E-state index in [4.69, 9.17) is 9.47 Å². The summed E-state index contributed by atoms with van der Waals surface area (Å²) < 4.78 is 11.3. The fourth-order valence-corrected chi connectivity index (χ4v) is 4.70. The Kier molecular flexibility index (Phi) is 5.00. The minimum atomic E-state index is 0.00997. The van der Waals surface area contributed by atoms with Gasteiger partial charge in [-0.05, 0) is 49.2 Å². The summed E-state index contributed by atoms with van der Waals surface area (Å²) in [5.74, 6) is 1.76. The van der Waals surface area contributed by atoms with E-state index in [2.05, 4.69) is 42.3 Å². The van der Waals surface area contributed by atoms with Gasteiger partial charge in [0.05, 0.1) is 12.1 Å². The molecule has 0 aromatic heterocycles. The number of nitrogens with one attached hydrogen (secondary N) is 1. The topological polar surface area (TPSA) is 54.0 Å². The fraction of sp³-hybridized carbons (Fsp3) is 0.571. The summed E-state index contributed by atoms with van der Waals surface area (Å²) >= 11 is 0. The normalized spacial score (nSPS) is 26.2. The lowest BCUT2D eigenvalue weighted by atomic mass is 9.77. The molecule has 2 heterocycles. The summed E-state index contributed by atoms with van der Waals surface area (Å²) in [6.07, 6.45) is 8.27. The molecule has 2 aliphatic heterocycles. The first-order valence-corrected chi connectivity index (χ1v) is 10.0. The van der Waals surface area contributed by atoms with Crippen molar-refractivity contribution in [1.29, 1.82) is 0 Å². The number of hydrogen-bond donors (Lipinski definition) is 1. The molecule has 6 heteroatoms. The van der Waals surface area contributed by atoms with Crippen LogP contribution in [0.3, 0.4) is 0 Å². The van der Waals surface area contributed by atoms with Crippen LogP contribution in [0.25, 0.3) is 0 Å². The largest absolute Gasteiger partial charge is 0.458 e. The molecule has 0 saturated carbocycles. The summed E-state index contributed by atoms with van der Waals surface area (Å²) in [5, 5.41) is 3.01. The van der Waals surface area contributed by atoms with Crippen molar-refractivity contribution in [2.24, 2.45) is 0 Å². The summed E-state index contributed by atoms with van der Waals surface area (Å²) in [7, 11) is 0. The van der Waals surface area contributed by atoms with Gasteiger partial charge in [0, 0.05) is 19.5 Å². The zero-order chi connectivity index (χ0) is 19.0. The molecule has 27 heavy (non-hydrogen) atoms. The fourth-order valence-electron chi connectivity index (χ4n) is 4.70. The van der Waals surface area contributed by atoms with Crippen molar-refractivity contribution in [1.82, 2.24) is 15.1 Å². The molecule has 146 valence electrons. The first-order chi connectivity index (χ1) is 13.2. The van der Waals surface area contributed by atoms with Crippen LogP contribution >= 0.6 is 0 Å². The second-order valence-corrected chi connectivity index (χ2v) is 7.30. The number of hydrogen-bond acceptors (Lipinski definition) is 4. The molecule has 4 aliphatic rings. The number of ether oxygens (including phenoxy) is 2. The van der Waals surface area contributed by atoms with Gasteiger partial charge in [0.1, 0.15) is 5.76 Å². The van der Waals surface area contributed by atoms with Crippen molar-refractivity contribution in [3.05, 3.63) is 46.5 Å². The Morgan fingerprint density at radius 3 is 2.85 bits per heavy atom. The van der Waals surface area contributed by atoms with E-state index in [-0.39, 0.29) is 18.1 Å². The van der Waals surface area contributed by atoms with E-state index in [1.165, 1.54) is 16.7 Å². The Morgan fingerprint density at radius 2 is 2.11 bits per heavy atom. The predicted molar refractivity (Wildman–Crippen MR) is 104 cm³/mol. The van der Waals surface area contributed by atoms with Gasteiger partial charge in [-0.2, -0.15) is 0 Å². The van der Waals surface area contributed by atoms with E-state index in [1.54, 1.807) is 0 Å². The standard InChI is InChI=1S/C21H29N3O3/c1-4-22-21(25)24-12-14-10-18-19(27-13-26-18)11-16(14)15-8-7-9-17(20(15)24)23(5-2)6-3/h7,9-10,17,20H,4-6,8,11-13H2,1-3H3,(H,22,25). The van der Waals surface area contributed by atoms with E-state index in [1.807, 2.05) is 11.8 Å². The maximum Gasteiger partial charge on any atom is 0.318 e. The first kappa shape index (κ1) is 18.2. The van der Waals surface area contributed by atoms with Gasteiger partial charge in [-0.1, -0.05) is 26.0 Å². The molecule has 0 saturated heterocycles. The number of carbonyl (C=O) groups excluding carboxylic acids is 1. The Balaban J connectivity index is 1.78. The number of likely N-dealkylation sites (N-methyl/N-ethyl adjacent to an activating group) is 1.